The summed E-state index contributed by atoms with van der Waals surface area (Å²) >= 11 is 0. The van der Waals surface area contributed by atoms with Gasteiger partial charge in [-0.15, -0.1) is 0 Å². The minimum Gasteiger partial charge on any atom is -0.354 e. The molecule has 0 bridgehead atoms. The van der Waals surface area contributed by atoms with Crippen molar-refractivity contribution in [3.63, 3.8) is 0 Å². The Morgan fingerprint density at radius 2 is 1.88 bits per heavy atom. The summed E-state index contributed by atoms with van der Waals surface area (Å²) in [5, 5.41) is 3.36. The summed E-state index contributed by atoms with van der Waals surface area (Å²) in [7, 11) is 0. The summed E-state index contributed by atoms with van der Waals surface area (Å²) in [6.45, 7) is 10.5. The standard InChI is InChI=1S/C22H29N3O/c1-16-6-5-11-25(15-16)21(26)17-12-20(14-23-13-17)24-19-9-7-18(8-10-19)22(2,3)4/h7-10,12-14,16,24H,5-6,11,15H2,1-4H3. The van der Waals surface area contributed by atoms with E-state index in [1.807, 2.05) is 11.0 Å². The molecular weight excluding hydrogens is 322 g/mol. The first-order chi connectivity index (χ1) is 12.3. The molecule has 4 heteroatoms. The van der Waals surface area contributed by atoms with Gasteiger partial charge in [0, 0.05) is 25.0 Å². The van der Waals surface area contributed by atoms with Crippen LogP contribution in [0.3, 0.4) is 0 Å². The zero-order valence-corrected chi connectivity index (χ0v) is 16.2. The van der Waals surface area contributed by atoms with Crippen molar-refractivity contribution in [3.05, 3.63) is 53.9 Å². The van der Waals surface area contributed by atoms with Crippen LogP contribution in [0.5, 0.6) is 0 Å². The molecule has 1 aliphatic rings. The van der Waals surface area contributed by atoms with E-state index >= 15 is 0 Å². The number of nitrogens with zero attached hydrogens (tertiary/aromatic N) is 2. The van der Waals surface area contributed by atoms with E-state index in [1.54, 1.807) is 12.4 Å². The quantitative estimate of drug-likeness (QED) is 0.847. The fraction of sp³-hybridized carbons (Fsp3) is 0.455. The maximum Gasteiger partial charge on any atom is 0.255 e. The number of anilines is 2. The van der Waals surface area contributed by atoms with Gasteiger partial charge in [-0.1, -0.05) is 39.8 Å². The number of carbonyl (C=O) groups is 1. The van der Waals surface area contributed by atoms with Gasteiger partial charge in [-0.2, -0.15) is 0 Å². The Labute approximate surface area is 156 Å². The highest BCUT2D eigenvalue weighted by atomic mass is 16.2. The molecule has 1 unspecified atom stereocenters. The molecule has 1 saturated heterocycles. The Morgan fingerprint density at radius 3 is 2.54 bits per heavy atom. The molecule has 1 atom stereocenters. The topological polar surface area (TPSA) is 45.2 Å². The first-order valence-corrected chi connectivity index (χ1v) is 9.45. The highest BCUT2D eigenvalue weighted by molar-refractivity contribution is 5.95. The van der Waals surface area contributed by atoms with Crippen molar-refractivity contribution in [2.24, 2.45) is 5.92 Å². The summed E-state index contributed by atoms with van der Waals surface area (Å²) in [4.78, 5) is 19.0. The largest absolute Gasteiger partial charge is 0.354 e. The molecule has 4 nitrogen and oxygen atoms in total. The van der Waals surface area contributed by atoms with Gasteiger partial charge in [-0.3, -0.25) is 9.78 Å². The van der Waals surface area contributed by atoms with Crippen molar-refractivity contribution in [1.29, 1.82) is 0 Å². The molecule has 1 N–H and O–H groups in total. The van der Waals surface area contributed by atoms with Gasteiger partial charge in [0.1, 0.15) is 0 Å². The number of nitrogens with one attached hydrogen (secondary N) is 1. The molecule has 2 aromatic rings. The molecule has 0 spiro atoms. The molecule has 1 fully saturated rings. The SMILES string of the molecule is CC1CCCN(C(=O)c2cncc(Nc3ccc(C(C)(C)C)cc3)c2)C1. The van der Waals surface area contributed by atoms with E-state index < -0.39 is 0 Å². The summed E-state index contributed by atoms with van der Waals surface area (Å²) in [6.07, 6.45) is 5.70. The van der Waals surface area contributed by atoms with Crippen molar-refractivity contribution < 1.29 is 4.79 Å². The van der Waals surface area contributed by atoms with E-state index in [1.165, 1.54) is 12.0 Å². The third kappa shape index (κ3) is 4.43. The van der Waals surface area contributed by atoms with Crippen molar-refractivity contribution in [2.75, 3.05) is 18.4 Å². The third-order valence-electron chi connectivity index (χ3n) is 4.97. The van der Waals surface area contributed by atoms with Crippen LogP contribution in [0.15, 0.2) is 42.7 Å². The lowest BCUT2D eigenvalue weighted by molar-refractivity contribution is 0.0682. The Morgan fingerprint density at radius 1 is 1.15 bits per heavy atom. The summed E-state index contributed by atoms with van der Waals surface area (Å²) in [5.41, 5.74) is 3.91. The van der Waals surface area contributed by atoms with E-state index in [2.05, 4.69) is 62.3 Å². The summed E-state index contributed by atoms with van der Waals surface area (Å²) in [5.74, 6) is 0.652. The Hall–Kier alpha value is -2.36. The maximum absolute atomic E-state index is 12.8. The van der Waals surface area contributed by atoms with Crippen LogP contribution in [-0.4, -0.2) is 28.9 Å². The summed E-state index contributed by atoms with van der Waals surface area (Å²) < 4.78 is 0. The zero-order valence-electron chi connectivity index (χ0n) is 16.2. The smallest absolute Gasteiger partial charge is 0.255 e. The van der Waals surface area contributed by atoms with Crippen LogP contribution in [0.25, 0.3) is 0 Å². The monoisotopic (exact) mass is 351 g/mol. The van der Waals surface area contributed by atoms with Crippen LogP contribution in [0.2, 0.25) is 0 Å². The van der Waals surface area contributed by atoms with Gasteiger partial charge in [-0.25, -0.2) is 0 Å². The lowest BCUT2D eigenvalue weighted by Crippen LogP contribution is -2.39. The van der Waals surface area contributed by atoms with Crippen molar-refractivity contribution in [3.8, 4) is 0 Å². The van der Waals surface area contributed by atoms with E-state index in [4.69, 9.17) is 0 Å². The number of piperidine rings is 1. The van der Waals surface area contributed by atoms with E-state index in [0.29, 0.717) is 11.5 Å². The second kappa shape index (κ2) is 7.48. The summed E-state index contributed by atoms with van der Waals surface area (Å²) in [6, 6.07) is 10.3. The molecule has 138 valence electrons. The molecule has 3 rings (SSSR count). The predicted molar refractivity (Wildman–Crippen MR) is 107 cm³/mol. The molecule has 1 aliphatic heterocycles. The van der Waals surface area contributed by atoms with Crippen LogP contribution >= 0.6 is 0 Å². The van der Waals surface area contributed by atoms with Gasteiger partial charge < -0.3 is 10.2 Å². The van der Waals surface area contributed by atoms with Crippen LogP contribution in [-0.2, 0) is 5.41 Å². The minimum atomic E-state index is 0.0794. The number of amides is 1. The average Bonchev–Trinajstić information content (AvgIpc) is 2.61. The van der Waals surface area contributed by atoms with Gasteiger partial charge in [-0.05, 0) is 47.9 Å². The number of likely N-dealkylation sites (tertiary alicyclic amines) is 1. The van der Waals surface area contributed by atoms with E-state index in [0.717, 1.165) is 30.9 Å². The number of benzene rings is 1. The number of pyridine rings is 1. The number of hydrogen-bond donors (Lipinski definition) is 1. The molecule has 0 saturated carbocycles. The Bertz CT molecular complexity index is 762. The highest BCUT2D eigenvalue weighted by Crippen LogP contribution is 2.25. The van der Waals surface area contributed by atoms with Gasteiger partial charge in [0.2, 0.25) is 0 Å². The molecule has 1 amide bonds. The Kier molecular flexibility index (Phi) is 5.30. The highest BCUT2D eigenvalue weighted by Gasteiger charge is 2.22. The molecular formula is C22H29N3O. The molecule has 1 aromatic heterocycles. The molecule has 1 aromatic carbocycles. The van der Waals surface area contributed by atoms with Crippen LogP contribution in [0.1, 0.15) is 56.5 Å². The van der Waals surface area contributed by atoms with Crippen molar-refractivity contribution in [1.82, 2.24) is 9.88 Å². The first kappa shape index (κ1) is 18.4. The third-order valence-corrected chi connectivity index (χ3v) is 4.97. The predicted octanol–water partition coefficient (Wildman–Crippen LogP) is 4.99. The zero-order chi connectivity index (χ0) is 18.7. The van der Waals surface area contributed by atoms with Crippen LogP contribution in [0.4, 0.5) is 11.4 Å². The first-order valence-electron chi connectivity index (χ1n) is 9.45. The number of hydrogen-bond acceptors (Lipinski definition) is 3. The normalized spacial score (nSPS) is 17.8. The van der Waals surface area contributed by atoms with Gasteiger partial charge in [0.05, 0.1) is 17.4 Å². The van der Waals surface area contributed by atoms with Crippen molar-refractivity contribution in [2.45, 2.75) is 46.0 Å². The molecule has 26 heavy (non-hydrogen) atoms. The lowest BCUT2D eigenvalue weighted by atomic mass is 9.87. The second-order valence-electron chi connectivity index (χ2n) is 8.41. The number of carbonyl (C=O) groups excluding carboxylic acids is 1. The fourth-order valence-electron chi connectivity index (χ4n) is 3.40. The van der Waals surface area contributed by atoms with E-state index in [9.17, 15) is 4.79 Å². The molecule has 0 aliphatic carbocycles. The van der Waals surface area contributed by atoms with Gasteiger partial charge >= 0.3 is 0 Å². The van der Waals surface area contributed by atoms with Gasteiger partial charge in [0.15, 0.2) is 0 Å². The molecule has 2 heterocycles. The fourth-order valence-corrected chi connectivity index (χ4v) is 3.40. The Balaban J connectivity index is 1.72. The maximum atomic E-state index is 12.8. The van der Waals surface area contributed by atoms with Crippen molar-refractivity contribution >= 4 is 17.3 Å². The van der Waals surface area contributed by atoms with E-state index in [-0.39, 0.29) is 11.3 Å². The minimum absolute atomic E-state index is 0.0794. The van der Waals surface area contributed by atoms with Gasteiger partial charge in [0.25, 0.3) is 5.91 Å². The van der Waals surface area contributed by atoms with Crippen LogP contribution in [0, 0.1) is 5.92 Å². The van der Waals surface area contributed by atoms with Crippen LogP contribution < -0.4 is 5.32 Å². The lowest BCUT2D eigenvalue weighted by Gasteiger charge is -2.31. The number of aromatic nitrogens is 1. The molecule has 0 radical (unpaired) electrons. The average molecular weight is 351 g/mol. The second-order valence-corrected chi connectivity index (χ2v) is 8.41. The number of rotatable bonds is 3.